The summed E-state index contributed by atoms with van der Waals surface area (Å²) in [6, 6.07) is 13.6. The fourth-order valence-corrected chi connectivity index (χ4v) is 3.49. The van der Waals surface area contributed by atoms with Gasteiger partial charge in [0.15, 0.2) is 5.82 Å². The van der Waals surface area contributed by atoms with Crippen LogP contribution >= 0.6 is 0 Å². The van der Waals surface area contributed by atoms with Crippen molar-refractivity contribution in [1.82, 2.24) is 19.9 Å². The first kappa shape index (κ1) is 24.3. The van der Waals surface area contributed by atoms with Crippen LogP contribution in [0.3, 0.4) is 0 Å². The van der Waals surface area contributed by atoms with Gasteiger partial charge < -0.3 is 20.8 Å². The number of pyridine rings is 1. The van der Waals surface area contributed by atoms with E-state index in [2.05, 4.69) is 15.0 Å². The third kappa shape index (κ3) is 6.55. The van der Waals surface area contributed by atoms with Crippen molar-refractivity contribution in [3.8, 4) is 17.3 Å². The molecule has 1 aliphatic heterocycles. The molecule has 0 spiro atoms. The van der Waals surface area contributed by atoms with E-state index in [1.807, 2.05) is 68.3 Å². The normalized spacial score (nSPS) is 18.2. The Bertz CT molecular complexity index is 1090. The summed E-state index contributed by atoms with van der Waals surface area (Å²) in [6.07, 6.45) is 0.615. The topological polar surface area (TPSA) is 101 Å². The first-order valence-electron chi connectivity index (χ1n) is 10.9. The summed E-state index contributed by atoms with van der Waals surface area (Å²) < 4.78 is 20.3. The van der Waals surface area contributed by atoms with Crippen LogP contribution < -0.4 is 10.5 Å². The lowest BCUT2D eigenvalue weighted by Crippen LogP contribution is -2.45. The number of nitrogens with one attached hydrogen (secondary N) is 1. The fourth-order valence-electron chi connectivity index (χ4n) is 3.49. The van der Waals surface area contributed by atoms with Crippen molar-refractivity contribution in [1.29, 1.82) is 5.41 Å². The molecule has 7 nitrogen and oxygen atoms in total. The number of nitrogens with two attached hydrogens (primary N) is 1. The van der Waals surface area contributed by atoms with E-state index in [9.17, 15) is 4.39 Å². The van der Waals surface area contributed by atoms with Crippen LogP contribution in [0.15, 0.2) is 48.7 Å². The quantitative estimate of drug-likeness (QED) is 0.553. The molecule has 0 radical (unpaired) electrons. The van der Waals surface area contributed by atoms with E-state index in [0.717, 1.165) is 23.4 Å². The summed E-state index contributed by atoms with van der Waals surface area (Å²) in [4.78, 5) is 14.7. The zero-order valence-corrected chi connectivity index (χ0v) is 19.5. The number of aryl methyl sites for hydroxylation is 2. The molecule has 3 aromatic rings. The number of nitrogens with zero attached hydrogens (tertiary/aromatic N) is 4. The average Bonchev–Trinajstić information content (AvgIpc) is 2.76. The zero-order chi connectivity index (χ0) is 24.0. The van der Waals surface area contributed by atoms with Gasteiger partial charge >= 0.3 is 0 Å². The minimum absolute atomic E-state index is 0. The Balaban J connectivity index is 0.000000588. The van der Waals surface area contributed by atoms with Gasteiger partial charge in [-0.05, 0) is 46.4 Å². The van der Waals surface area contributed by atoms with Crippen LogP contribution in [0, 0.1) is 19.3 Å². The molecule has 2 atom stereocenters. The second kappa shape index (κ2) is 11.0. The summed E-state index contributed by atoms with van der Waals surface area (Å²) in [6.45, 7) is 6.62. The molecular formula is C25H35FN6O. The van der Waals surface area contributed by atoms with Gasteiger partial charge in [-0.25, -0.2) is 9.37 Å². The molecule has 8 heteroatoms. The molecule has 4 rings (SSSR count). The van der Waals surface area contributed by atoms with Gasteiger partial charge in [0.1, 0.15) is 18.1 Å². The Morgan fingerprint density at radius 1 is 1.18 bits per heavy atom. The highest BCUT2D eigenvalue weighted by Crippen LogP contribution is 2.29. The van der Waals surface area contributed by atoms with E-state index in [-0.39, 0.29) is 20.3 Å². The highest BCUT2D eigenvalue weighted by molar-refractivity contribution is 6.02. The fraction of sp³-hybridized carbons (Fsp3) is 0.360. The molecule has 0 bridgehead atoms. The maximum absolute atomic E-state index is 14.4. The van der Waals surface area contributed by atoms with Crippen molar-refractivity contribution in [2.75, 3.05) is 25.9 Å². The van der Waals surface area contributed by atoms with Crippen LogP contribution in [0.1, 0.15) is 33.0 Å². The first-order chi connectivity index (χ1) is 15.7. The van der Waals surface area contributed by atoms with Crippen molar-refractivity contribution in [3.63, 3.8) is 0 Å². The molecule has 1 saturated heterocycles. The van der Waals surface area contributed by atoms with E-state index < -0.39 is 12.3 Å². The predicted molar refractivity (Wildman–Crippen MR) is 134 cm³/mol. The predicted octanol–water partition coefficient (Wildman–Crippen LogP) is 4.73. The molecule has 1 fully saturated rings. The molecule has 3 heterocycles. The van der Waals surface area contributed by atoms with Crippen LogP contribution in [0.25, 0.3) is 11.4 Å². The van der Waals surface area contributed by atoms with Crippen LogP contribution in [-0.4, -0.2) is 58.0 Å². The molecular weight excluding hydrogens is 419 g/mol. The molecule has 0 aliphatic carbocycles. The van der Waals surface area contributed by atoms with Gasteiger partial charge in [-0.3, -0.25) is 4.98 Å². The highest BCUT2D eigenvalue weighted by atomic mass is 19.1. The summed E-state index contributed by atoms with van der Waals surface area (Å²) in [5.41, 5.74) is 9.58. The monoisotopic (exact) mass is 454 g/mol. The third-order valence-corrected chi connectivity index (χ3v) is 5.35. The molecule has 0 amide bonds. The number of hydrogen-bond acceptors (Lipinski definition) is 7. The number of ether oxygens (including phenoxy) is 1. The van der Waals surface area contributed by atoms with Gasteiger partial charge in [-0.15, -0.1) is 0 Å². The van der Waals surface area contributed by atoms with Gasteiger partial charge in [0.05, 0.1) is 5.56 Å². The number of aromatic nitrogens is 3. The summed E-state index contributed by atoms with van der Waals surface area (Å²) in [7, 11) is 1.88. The number of alkyl halides is 1. The van der Waals surface area contributed by atoms with Crippen LogP contribution in [-0.2, 0) is 0 Å². The molecule has 0 saturated carbocycles. The highest BCUT2D eigenvalue weighted by Gasteiger charge is 2.31. The summed E-state index contributed by atoms with van der Waals surface area (Å²) in [5, 5.41) is 7.98. The third-order valence-electron chi connectivity index (χ3n) is 5.35. The molecule has 33 heavy (non-hydrogen) atoms. The molecule has 2 aromatic heterocycles. The lowest BCUT2D eigenvalue weighted by Gasteiger charge is -2.32. The van der Waals surface area contributed by atoms with Gasteiger partial charge in [0, 0.05) is 39.1 Å². The van der Waals surface area contributed by atoms with Gasteiger partial charge in [0.25, 0.3) is 0 Å². The SMILES string of the molecule is CC(=N)c1c(N)nc(-c2ccc(C)cc2)nc1O[C@@H]1CCN(C)C[C@@H]1F.Cc1ccccn1.[HH].[HH]. The average molecular weight is 455 g/mol. The van der Waals surface area contributed by atoms with E-state index in [1.54, 1.807) is 13.1 Å². The lowest BCUT2D eigenvalue weighted by atomic mass is 10.1. The number of anilines is 1. The van der Waals surface area contributed by atoms with Crippen molar-refractivity contribution in [2.45, 2.75) is 39.5 Å². The largest absolute Gasteiger partial charge is 0.471 e. The molecule has 1 aromatic carbocycles. The van der Waals surface area contributed by atoms with Crippen LogP contribution in [0.2, 0.25) is 0 Å². The van der Waals surface area contributed by atoms with Gasteiger partial charge in [-0.2, -0.15) is 4.98 Å². The van der Waals surface area contributed by atoms with Crippen LogP contribution in [0.4, 0.5) is 10.2 Å². The lowest BCUT2D eigenvalue weighted by molar-refractivity contribution is 0.0286. The second-order valence-corrected chi connectivity index (χ2v) is 8.30. The molecule has 1 aliphatic rings. The Labute approximate surface area is 197 Å². The van der Waals surface area contributed by atoms with E-state index >= 15 is 0 Å². The minimum Gasteiger partial charge on any atom is -0.471 e. The molecule has 178 valence electrons. The maximum Gasteiger partial charge on any atom is 0.228 e. The van der Waals surface area contributed by atoms with E-state index in [4.69, 9.17) is 15.9 Å². The summed E-state index contributed by atoms with van der Waals surface area (Å²) >= 11 is 0. The molecule has 0 unspecified atom stereocenters. The number of hydrogen-bond donors (Lipinski definition) is 2. The van der Waals surface area contributed by atoms with Crippen molar-refractivity contribution < 1.29 is 12.0 Å². The number of rotatable bonds is 4. The second-order valence-electron chi connectivity index (χ2n) is 8.30. The van der Waals surface area contributed by atoms with Gasteiger partial charge in [-0.1, -0.05) is 35.9 Å². The number of piperidine rings is 1. The number of likely N-dealkylation sites (tertiary alicyclic amines) is 1. The van der Waals surface area contributed by atoms with Crippen molar-refractivity contribution in [2.24, 2.45) is 0 Å². The van der Waals surface area contributed by atoms with E-state index in [1.165, 1.54) is 0 Å². The Morgan fingerprint density at radius 2 is 1.91 bits per heavy atom. The smallest absolute Gasteiger partial charge is 0.228 e. The summed E-state index contributed by atoms with van der Waals surface area (Å²) in [5.74, 6) is 0.755. The minimum atomic E-state index is -1.12. The number of nitrogen functional groups attached to an aromatic ring is 1. The Hall–Kier alpha value is -3.39. The Kier molecular flexibility index (Phi) is 8.06. The van der Waals surface area contributed by atoms with Crippen LogP contribution in [0.5, 0.6) is 5.88 Å². The standard InChI is InChI=1S/C19H24FN5O.C6H7N.2H2/c1-11-4-6-13(7-5-11)18-23-17(22)16(12(2)21)19(24-18)26-15-8-9-25(3)10-14(15)20;1-6-4-2-3-5-7-6;;/h4-7,14-15,21H,8-10H2,1-3H3,(H2,22,23,24);2-5H,1H3;2*1H/t14-,15+;;;/m0.../s1. The number of benzene rings is 1. The Morgan fingerprint density at radius 3 is 2.45 bits per heavy atom. The zero-order valence-electron chi connectivity index (χ0n) is 19.5. The first-order valence-corrected chi connectivity index (χ1v) is 10.9. The van der Waals surface area contributed by atoms with Gasteiger partial charge in [0.2, 0.25) is 5.88 Å². The molecule has 3 N–H and O–H groups in total. The van der Waals surface area contributed by atoms with Crippen molar-refractivity contribution >= 4 is 11.5 Å². The van der Waals surface area contributed by atoms with E-state index in [0.29, 0.717) is 24.4 Å². The maximum atomic E-state index is 14.4. The number of halogens is 1. The van der Waals surface area contributed by atoms with Crippen molar-refractivity contribution in [3.05, 3.63) is 65.5 Å².